The molecule has 0 unspecified atom stereocenters. The molecule has 0 aliphatic carbocycles. The van der Waals surface area contributed by atoms with Crippen molar-refractivity contribution in [1.29, 1.82) is 0 Å². The first-order chi connectivity index (χ1) is 9.26. The molecule has 0 aromatic rings. The summed E-state index contributed by atoms with van der Waals surface area (Å²) < 4.78 is 0. The SMILES string of the molecule is O=C[C@H](O)[C@@H](O)[C@@H](O)CO.O=C[C@H](O)[C@H](O)[C@H](O)CO. The van der Waals surface area contributed by atoms with E-state index < -0.39 is 49.8 Å². The Morgan fingerprint density at radius 1 is 0.650 bits per heavy atom. The van der Waals surface area contributed by atoms with Gasteiger partial charge in [0.1, 0.15) is 36.6 Å². The second-order valence-corrected chi connectivity index (χ2v) is 3.73. The number of rotatable bonds is 8. The van der Waals surface area contributed by atoms with Gasteiger partial charge in [0, 0.05) is 0 Å². The molecule has 0 aliphatic rings. The van der Waals surface area contributed by atoms with Crippen LogP contribution in [0.2, 0.25) is 0 Å². The number of aliphatic hydroxyl groups is 8. The summed E-state index contributed by atoms with van der Waals surface area (Å²) in [4.78, 5) is 19.5. The molecule has 6 atom stereocenters. The normalized spacial score (nSPS) is 19.6. The van der Waals surface area contributed by atoms with Gasteiger partial charge in [-0.3, -0.25) is 0 Å². The molecule has 10 nitrogen and oxygen atoms in total. The van der Waals surface area contributed by atoms with Crippen LogP contribution < -0.4 is 0 Å². The van der Waals surface area contributed by atoms with Gasteiger partial charge in [-0.25, -0.2) is 0 Å². The van der Waals surface area contributed by atoms with Crippen molar-refractivity contribution in [1.82, 2.24) is 0 Å². The minimum atomic E-state index is -1.64. The zero-order chi connectivity index (χ0) is 16.3. The van der Waals surface area contributed by atoms with Gasteiger partial charge in [0.05, 0.1) is 13.2 Å². The maximum atomic E-state index is 9.76. The molecule has 8 N–H and O–H groups in total. The average molecular weight is 300 g/mol. The molecule has 20 heavy (non-hydrogen) atoms. The highest BCUT2D eigenvalue weighted by atomic mass is 16.4. The Labute approximate surface area is 114 Å². The minimum Gasteiger partial charge on any atom is -0.394 e. The van der Waals surface area contributed by atoms with E-state index in [9.17, 15) is 9.59 Å². The first-order valence-electron chi connectivity index (χ1n) is 5.47. The maximum absolute atomic E-state index is 9.76. The lowest BCUT2D eigenvalue weighted by molar-refractivity contribution is -0.128. The number of aliphatic hydroxyl groups excluding tert-OH is 8. The van der Waals surface area contributed by atoms with Crippen LogP contribution in [-0.4, -0.2) is 103 Å². The Kier molecular flexibility index (Phi) is 12.6. The van der Waals surface area contributed by atoms with E-state index in [4.69, 9.17) is 40.9 Å². The third-order valence-corrected chi connectivity index (χ3v) is 2.14. The van der Waals surface area contributed by atoms with Gasteiger partial charge in [-0.15, -0.1) is 0 Å². The third-order valence-electron chi connectivity index (χ3n) is 2.14. The topological polar surface area (TPSA) is 196 Å². The van der Waals surface area contributed by atoms with Crippen LogP contribution in [0.5, 0.6) is 0 Å². The third kappa shape index (κ3) is 8.24. The molecule has 0 amide bonds. The van der Waals surface area contributed by atoms with Crippen molar-refractivity contribution >= 4 is 12.6 Å². The first-order valence-corrected chi connectivity index (χ1v) is 5.47. The van der Waals surface area contributed by atoms with Crippen molar-refractivity contribution in [3.8, 4) is 0 Å². The maximum Gasteiger partial charge on any atom is 0.151 e. The fraction of sp³-hybridized carbons (Fsp3) is 0.800. The summed E-state index contributed by atoms with van der Waals surface area (Å²) in [7, 11) is 0. The van der Waals surface area contributed by atoms with E-state index in [2.05, 4.69) is 0 Å². The molecule has 0 aliphatic heterocycles. The predicted octanol–water partition coefficient (Wildman–Crippen LogP) is -5.48. The lowest BCUT2D eigenvalue weighted by atomic mass is 10.1. The fourth-order valence-corrected chi connectivity index (χ4v) is 0.832. The van der Waals surface area contributed by atoms with E-state index in [1.54, 1.807) is 0 Å². The highest BCUT2D eigenvalue weighted by molar-refractivity contribution is 5.57. The van der Waals surface area contributed by atoms with Gasteiger partial charge >= 0.3 is 0 Å². The molecule has 0 radical (unpaired) electrons. The number of hydrogen-bond donors (Lipinski definition) is 8. The predicted molar refractivity (Wildman–Crippen MR) is 62.3 cm³/mol. The summed E-state index contributed by atoms with van der Waals surface area (Å²) in [5.74, 6) is 0. The van der Waals surface area contributed by atoms with Crippen molar-refractivity contribution in [2.24, 2.45) is 0 Å². The van der Waals surface area contributed by atoms with Gasteiger partial charge in [-0.1, -0.05) is 0 Å². The Morgan fingerprint density at radius 2 is 0.900 bits per heavy atom. The summed E-state index contributed by atoms with van der Waals surface area (Å²) in [6.07, 6.45) is -9.26. The Bertz CT molecular complexity index is 234. The van der Waals surface area contributed by atoms with Gasteiger partial charge in [0.25, 0.3) is 0 Å². The highest BCUT2D eigenvalue weighted by Crippen LogP contribution is 1.97. The molecular weight excluding hydrogens is 280 g/mol. The van der Waals surface area contributed by atoms with Crippen LogP contribution >= 0.6 is 0 Å². The summed E-state index contributed by atoms with van der Waals surface area (Å²) >= 11 is 0. The molecule has 0 saturated carbocycles. The van der Waals surface area contributed by atoms with Crippen molar-refractivity contribution in [3.63, 3.8) is 0 Å². The molecule has 0 aromatic heterocycles. The van der Waals surface area contributed by atoms with Crippen LogP contribution in [0.3, 0.4) is 0 Å². The second kappa shape index (κ2) is 11.8. The number of aldehydes is 2. The minimum absolute atomic E-state index is 0.0869. The molecule has 10 heteroatoms. The number of carbonyl (C=O) groups excluding carboxylic acids is 2. The van der Waals surface area contributed by atoms with E-state index in [1.165, 1.54) is 0 Å². The molecular formula is C10H20O10. The molecule has 0 bridgehead atoms. The van der Waals surface area contributed by atoms with Crippen LogP contribution in [0.4, 0.5) is 0 Å². The molecule has 0 aromatic carbocycles. The van der Waals surface area contributed by atoms with Crippen LogP contribution in [0.15, 0.2) is 0 Å². The van der Waals surface area contributed by atoms with E-state index in [1.807, 2.05) is 0 Å². The van der Waals surface area contributed by atoms with Gasteiger partial charge in [0.15, 0.2) is 12.6 Å². The van der Waals surface area contributed by atoms with Crippen molar-refractivity contribution in [2.45, 2.75) is 36.6 Å². The molecule has 0 spiro atoms. The lowest BCUT2D eigenvalue weighted by Gasteiger charge is -2.16. The number of carbonyl (C=O) groups is 2. The Balaban J connectivity index is 0. The smallest absolute Gasteiger partial charge is 0.151 e. The Hall–Kier alpha value is -0.980. The molecule has 0 heterocycles. The van der Waals surface area contributed by atoms with Gasteiger partial charge in [-0.2, -0.15) is 0 Å². The lowest BCUT2D eigenvalue weighted by Crippen LogP contribution is -2.40. The zero-order valence-corrected chi connectivity index (χ0v) is 10.4. The largest absolute Gasteiger partial charge is 0.394 e. The van der Waals surface area contributed by atoms with Gasteiger partial charge in [0.2, 0.25) is 0 Å². The van der Waals surface area contributed by atoms with Crippen LogP contribution in [0.1, 0.15) is 0 Å². The van der Waals surface area contributed by atoms with E-state index in [0.717, 1.165) is 0 Å². The summed E-state index contributed by atoms with van der Waals surface area (Å²) in [6.45, 7) is -1.38. The Morgan fingerprint density at radius 3 is 1.05 bits per heavy atom. The summed E-state index contributed by atoms with van der Waals surface area (Å²) in [5.41, 5.74) is 0. The monoisotopic (exact) mass is 300 g/mol. The summed E-state index contributed by atoms with van der Waals surface area (Å²) in [6, 6.07) is 0. The summed E-state index contributed by atoms with van der Waals surface area (Å²) in [5, 5.41) is 68.1. The van der Waals surface area contributed by atoms with Crippen molar-refractivity contribution < 1.29 is 50.4 Å². The molecule has 120 valence electrons. The van der Waals surface area contributed by atoms with E-state index in [0.29, 0.717) is 0 Å². The van der Waals surface area contributed by atoms with Gasteiger partial charge < -0.3 is 50.4 Å². The second-order valence-electron chi connectivity index (χ2n) is 3.73. The molecule has 0 fully saturated rings. The van der Waals surface area contributed by atoms with E-state index in [-0.39, 0.29) is 12.6 Å². The molecule has 0 saturated heterocycles. The van der Waals surface area contributed by atoms with Crippen LogP contribution in [-0.2, 0) is 9.59 Å². The van der Waals surface area contributed by atoms with Crippen molar-refractivity contribution in [2.75, 3.05) is 13.2 Å². The van der Waals surface area contributed by atoms with Crippen LogP contribution in [0, 0.1) is 0 Å². The average Bonchev–Trinajstić information content (AvgIpc) is 2.50. The highest BCUT2D eigenvalue weighted by Gasteiger charge is 2.23. The number of hydrogen-bond acceptors (Lipinski definition) is 10. The van der Waals surface area contributed by atoms with Crippen LogP contribution in [0.25, 0.3) is 0 Å². The van der Waals surface area contributed by atoms with Gasteiger partial charge in [-0.05, 0) is 0 Å². The standard InChI is InChI=1S/2C5H10O5/c2*6-1-3(8)5(10)4(9)2-7/h2*1,3-5,7-10H,2H2/t3-,4+,5-;3-,4-,5+/m00/s1. The quantitative estimate of drug-likeness (QED) is 0.200. The first kappa shape index (κ1) is 21.3. The van der Waals surface area contributed by atoms with Crippen molar-refractivity contribution in [3.05, 3.63) is 0 Å². The van der Waals surface area contributed by atoms with E-state index >= 15 is 0 Å². The zero-order valence-electron chi connectivity index (χ0n) is 10.4. The molecule has 0 rings (SSSR count). The fourth-order valence-electron chi connectivity index (χ4n) is 0.832.